The summed E-state index contributed by atoms with van der Waals surface area (Å²) in [5, 5.41) is 5.30. The normalized spacial score (nSPS) is 10.4. The van der Waals surface area contributed by atoms with Gasteiger partial charge in [0.15, 0.2) is 0 Å². The van der Waals surface area contributed by atoms with E-state index in [9.17, 15) is 14.0 Å². The monoisotopic (exact) mass is 301 g/mol. The van der Waals surface area contributed by atoms with Crippen molar-refractivity contribution in [1.82, 2.24) is 10.3 Å². The number of anilines is 1. The van der Waals surface area contributed by atoms with Crippen LogP contribution in [0.5, 0.6) is 0 Å². The summed E-state index contributed by atoms with van der Waals surface area (Å²) >= 11 is 0. The van der Waals surface area contributed by atoms with Crippen LogP contribution in [0.25, 0.3) is 0 Å². The van der Waals surface area contributed by atoms with E-state index in [1.165, 1.54) is 36.4 Å². The highest BCUT2D eigenvalue weighted by atomic mass is 19.1. The van der Waals surface area contributed by atoms with Gasteiger partial charge in [-0.3, -0.25) is 9.59 Å². The zero-order valence-corrected chi connectivity index (χ0v) is 12.3. The lowest BCUT2D eigenvalue weighted by Gasteiger charge is -2.09. The number of rotatable bonds is 4. The van der Waals surface area contributed by atoms with E-state index in [0.29, 0.717) is 5.69 Å². The predicted molar refractivity (Wildman–Crippen MR) is 81.2 cm³/mol. The Morgan fingerprint density at radius 2 is 1.59 bits per heavy atom. The Hall–Kier alpha value is -2.76. The van der Waals surface area contributed by atoms with Crippen LogP contribution < -0.4 is 10.6 Å². The summed E-state index contributed by atoms with van der Waals surface area (Å²) in [4.78, 5) is 28.0. The highest BCUT2D eigenvalue weighted by Gasteiger charge is 2.13. The second kappa shape index (κ2) is 6.80. The van der Waals surface area contributed by atoms with E-state index in [2.05, 4.69) is 15.6 Å². The van der Waals surface area contributed by atoms with Gasteiger partial charge in [0, 0.05) is 11.7 Å². The first-order chi connectivity index (χ1) is 10.5. The molecule has 0 aliphatic heterocycles. The molecule has 1 aromatic heterocycles. The Labute approximate surface area is 127 Å². The lowest BCUT2D eigenvalue weighted by Crippen LogP contribution is -2.31. The fraction of sp³-hybridized carbons (Fsp3) is 0.188. The SMILES string of the molecule is CC(C)NC(=O)c1cccc(C(=O)Nc2ccc(F)cc2)n1. The number of hydrogen-bond acceptors (Lipinski definition) is 3. The highest BCUT2D eigenvalue weighted by Crippen LogP contribution is 2.10. The van der Waals surface area contributed by atoms with Crippen LogP contribution in [0.4, 0.5) is 10.1 Å². The van der Waals surface area contributed by atoms with Crippen molar-refractivity contribution in [3.05, 3.63) is 59.7 Å². The van der Waals surface area contributed by atoms with Gasteiger partial charge < -0.3 is 10.6 Å². The molecule has 5 nitrogen and oxygen atoms in total. The number of hydrogen-bond donors (Lipinski definition) is 2. The van der Waals surface area contributed by atoms with Crippen molar-refractivity contribution in [2.45, 2.75) is 19.9 Å². The highest BCUT2D eigenvalue weighted by molar-refractivity contribution is 6.03. The van der Waals surface area contributed by atoms with E-state index < -0.39 is 5.91 Å². The molecule has 0 radical (unpaired) electrons. The molecule has 0 aliphatic rings. The molecule has 0 aliphatic carbocycles. The lowest BCUT2D eigenvalue weighted by atomic mass is 10.2. The third kappa shape index (κ3) is 4.12. The van der Waals surface area contributed by atoms with Gasteiger partial charge in [-0.25, -0.2) is 9.37 Å². The van der Waals surface area contributed by atoms with Crippen LogP contribution in [0.3, 0.4) is 0 Å². The topological polar surface area (TPSA) is 71.1 Å². The van der Waals surface area contributed by atoms with Crippen LogP contribution in [0, 0.1) is 5.82 Å². The van der Waals surface area contributed by atoms with Gasteiger partial charge in [0.05, 0.1) is 0 Å². The van der Waals surface area contributed by atoms with Crippen LogP contribution in [0.2, 0.25) is 0 Å². The van der Waals surface area contributed by atoms with Crippen molar-refractivity contribution in [2.24, 2.45) is 0 Å². The molecule has 2 amide bonds. The fourth-order valence-corrected chi connectivity index (χ4v) is 1.75. The molecule has 0 spiro atoms. The van der Waals surface area contributed by atoms with Crippen molar-refractivity contribution in [3.63, 3.8) is 0 Å². The Kier molecular flexibility index (Phi) is 4.83. The number of carbonyl (C=O) groups excluding carboxylic acids is 2. The van der Waals surface area contributed by atoms with Crippen molar-refractivity contribution in [3.8, 4) is 0 Å². The van der Waals surface area contributed by atoms with Gasteiger partial charge in [0.1, 0.15) is 17.2 Å². The van der Waals surface area contributed by atoms with Crippen LogP contribution in [-0.4, -0.2) is 22.8 Å². The van der Waals surface area contributed by atoms with E-state index >= 15 is 0 Å². The number of pyridine rings is 1. The quantitative estimate of drug-likeness (QED) is 0.912. The first kappa shape index (κ1) is 15.6. The third-order valence-electron chi connectivity index (χ3n) is 2.74. The first-order valence-corrected chi connectivity index (χ1v) is 6.80. The molecule has 114 valence electrons. The summed E-state index contributed by atoms with van der Waals surface area (Å²) in [5.74, 6) is -1.19. The van der Waals surface area contributed by atoms with Gasteiger partial charge in [-0.05, 0) is 50.2 Å². The average Bonchev–Trinajstić information content (AvgIpc) is 2.49. The summed E-state index contributed by atoms with van der Waals surface area (Å²) in [6, 6.07) is 9.99. The Balaban J connectivity index is 2.13. The standard InChI is InChI=1S/C16H16FN3O2/c1-10(2)18-15(21)13-4-3-5-14(20-13)16(22)19-12-8-6-11(17)7-9-12/h3-10H,1-2H3,(H,18,21)(H,19,22). The fourth-order valence-electron chi connectivity index (χ4n) is 1.75. The van der Waals surface area contributed by atoms with Gasteiger partial charge in [0.25, 0.3) is 11.8 Å². The van der Waals surface area contributed by atoms with E-state index in [1.54, 1.807) is 6.07 Å². The Morgan fingerprint density at radius 1 is 1.00 bits per heavy atom. The maximum absolute atomic E-state index is 12.8. The maximum Gasteiger partial charge on any atom is 0.274 e. The molecule has 0 bridgehead atoms. The predicted octanol–water partition coefficient (Wildman–Crippen LogP) is 2.61. The van der Waals surface area contributed by atoms with E-state index in [0.717, 1.165) is 0 Å². The second-order valence-electron chi connectivity index (χ2n) is 5.00. The van der Waals surface area contributed by atoms with Gasteiger partial charge in [-0.2, -0.15) is 0 Å². The molecular weight excluding hydrogens is 285 g/mol. The van der Waals surface area contributed by atoms with Gasteiger partial charge in [-0.15, -0.1) is 0 Å². The summed E-state index contributed by atoms with van der Waals surface area (Å²) in [6.45, 7) is 3.67. The third-order valence-corrected chi connectivity index (χ3v) is 2.74. The molecule has 0 unspecified atom stereocenters. The van der Waals surface area contributed by atoms with Crippen molar-refractivity contribution >= 4 is 17.5 Å². The van der Waals surface area contributed by atoms with Gasteiger partial charge in [-0.1, -0.05) is 6.07 Å². The summed E-state index contributed by atoms with van der Waals surface area (Å²) in [7, 11) is 0. The summed E-state index contributed by atoms with van der Waals surface area (Å²) in [6.07, 6.45) is 0. The van der Waals surface area contributed by atoms with Crippen LogP contribution in [0.1, 0.15) is 34.8 Å². The molecular formula is C16H16FN3O2. The zero-order chi connectivity index (χ0) is 16.1. The number of benzene rings is 1. The molecule has 1 aromatic carbocycles. The van der Waals surface area contributed by atoms with Crippen LogP contribution >= 0.6 is 0 Å². The van der Waals surface area contributed by atoms with Crippen molar-refractivity contribution in [2.75, 3.05) is 5.32 Å². The number of nitrogens with zero attached hydrogens (tertiary/aromatic N) is 1. The molecule has 2 aromatic rings. The average molecular weight is 301 g/mol. The minimum Gasteiger partial charge on any atom is -0.349 e. The molecule has 0 fully saturated rings. The van der Waals surface area contributed by atoms with E-state index in [1.807, 2.05) is 13.8 Å². The Bertz CT molecular complexity index is 684. The molecule has 0 saturated heterocycles. The van der Waals surface area contributed by atoms with Crippen molar-refractivity contribution < 1.29 is 14.0 Å². The smallest absolute Gasteiger partial charge is 0.274 e. The number of aromatic nitrogens is 1. The number of nitrogens with one attached hydrogen (secondary N) is 2. The minimum absolute atomic E-state index is 0.0222. The minimum atomic E-state index is -0.467. The molecule has 2 rings (SSSR count). The maximum atomic E-state index is 12.8. The van der Waals surface area contributed by atoms with Gasteiger partial charge >= 0.3 is 0 Å². The first-order valence-electron chi connectivity index (χ1n) is 6.80. The summed E-state index contributed by atoms with van der Waals surface area (Å²) in [5.41, 5.74) is 0.728. The molecule has 2 N–H and O–H groups in total. The zero-order valence-electron chi connectivity index (χ0n) is 12.3. The number of carbonyl (C=O) groups is 2. The largest absolute Gasteiger partial charge is 0.349 e. The summed E-state index contributed by atoms with van der Waals surface area (Å²) < 4.78 is 12.8. The molecule has 6 heteroatoms. The molecule has 22 heavy (non-hydrogen) atoms. The van der Waals surface area contributed by atoms with Crippen LogP contribution in [0.15, 0.2) is 42.5 Å². The van der Waals surface area contributed by atoms with Crippen molar-refractivity contribution in [1.29, 1.82) is 0 Å². The Morgan fingerprint density at radius 3 is 2.18 bits per heavy atom. The van der Waals surface area contributed by atoms with Gasteiger partial charge in [0.2, 0.25) is 0 Å². The molecule has 0 saturated carbocycles. The van der Waals surface area contributed by atoms with Crippen LogP contribution in [-0.2, 0) is 0 Å². The number of halogens is 1. The second-order valence-corrected chi connectivity index (χ2v) is 5.00. The number of amides is 2. The lowest BCUT2D eigenvalue weighted by molar-refractivity contribution is 0.0938. The molecule has 0 atom stereocenters. The van der Waals surface area contributed by atoms with E-state index in [-0.39, 0.29) is 29.2 Å². The van der Waals surface area contributed by atoms with E-state index in [4.69, 9.17) is 0 Å². The molecule has 1 heterocycles.